The number of aliphatic carboxylic acids is 1. The van der Waals surface area contributed by atoms with E-state index >= 15 is 0 Å². The van der Waals surface area contributed by atoms with E-state index in [-0.39, 0.29) is 30.9 Å². The van der Waals surface area contributed by atoms with Crippen LogP contribution < -0.4 is 10.6 Å². The maximum Gasteiger partial charge on any atom is 0.328 e. The summed E-state index contributed by atoms with van der Waals surface area (Å²) < 4.78 is 5.74. The fraction of sp³-hybridized carbons (Fsp3) is 0.610. The van der Waals surface area contributed by atoms with E-state index in [2.05, 4.69) is 97.4 Å². The van der Waals surface area contributed by atoms with Crippen molar-refractivity contribution in [1.29, 1.82) is 0 Å². The molecule has 0 spiro atoms. The molecule has 0 heterocycles. The molecule has 0 saturated heterocycles. The number of carboxylic acids is 1. The largest absolute Gasteiger partial charge is 0.480 e. The van der Waals surface area contributed by atoms with Crippen LogP contribution in [0.2, 0.25) is 0 Å². The van der Waals surface area contributed by atoms with Crippen molar-refractivity contribution in [2.24, 2.45) is 0 Å². The van der Waals surface area contributed by atoms with Gasteiger partial charge in [-0.2, -0.15) is 0 Å². The maximum atomic E-state index is 12.4. The highest BCUT2D eigenvalue weighted by Crippen LogP contribution is 2.15. The molecular weight excluding hydrogens is 632 g/mol. The molecule has 0 rings (SSSR count). The third kappa shape index (κ3) is 31.5. The van der Waals surface area contributed by atoms with Crippen LogP contribution in [0.15, 0.2) is 72.9 Å². The van der Waals surface area contributed by atoms with Crippen LogP contribution in [-0.2, 0) is 23.9 Å². The van der Waals surface area contributed by atoms with E-state index in [0.717, 1.165) is 103 Å². The Labute approximate surface area is 302 Å². The van der Waals surface area contributed by atoms with Gasteiger partial charge < -0.3 is 25.6 Å². The second kappa shape index (κ2) is 35.1. The number of hydrogen-bond donors (Lipinski definition) is 4. The molecule has 9 nitrogen and oxygen atoms in total. The number of unbranched alkanes of at least 4 members (excludes halogenated alkanes) is 6. The summed E-state index contributed by atoms with van der Waals surface area (Å²) in [7, 11) is 0. The minimum absolute atomic E-state index is 0.105. The van der Waals surface area contributed by atoms with Gasteiger partial charge in [0.2, 0.25) is 11.8 Å². The molecule has 9 heteroatoms. The number of aliphatic hydroxyl groups is 1. The lowest BCUT2D eigenvalue weighted by Crippen LogP contribution is -2.47. The van der Waals surface area contributed by atoms with Crippen LogP contribution in [0.5, 0.6) is 0 Å². The Kier molecular flexibility index (Phi) is 32.5. The Balaban J connectivity index is 3.85. The zero-order chi connectivity index (χ0) is 36.9. The summed E-state index contributed by atoms with van der Waals surface area (Å²) in [4.78, 5) is 46.9. The number of esters is 1. The minimum atomic E-state index is -1.39. The minimum Gasteiger partial charge on any atom is -0.480 e. The van der Waals surface area contributed by atoms with Crippen molar-refractivity contribution in [3.05, 3.63) is 72.9 Å². The van der Waals surface area contributed by atoms with Gasteiger partial charge in [0.25, 0.3) is 0 Å². The predicted molar refractivity (Wildman–Crippen MR) is 203 cm³/mol. The third-order valence-corrected chi connectivity index (χ3v) is 7.70. The van der Waals surface area contributed by atoms with E-state index < -0.39 is 24.5 Å². The summed E-state index contributed by atoms with van der Waals surface area (Å²) in [5.41, 5.74) is 0. The molecule has 0 aliphatic carbocycles. The Hall–Kier alpha value is -3.72. The predicted octanol–water partition coefficient (Wildman–Crippen LogP) is 8.37. The summed E-state index contributed by atoms with van der Waals surface area (Å²) in [6.07, 6.45) is 43.0. The van der Waals surface area contributed by atoms with E-state index in [1.165, 1.54) is 0 Å². The van der Waals surface area contributed by atoms with Crippen molar-refractivity contribution in [1.82, 2.24) is 10.6 Å². The highest BCUT2D eigenvalue weighted by Gasteiger charge is 2.19. The van der Waals surface area contributed by atoms with Gasteiger partial charge in [-0.25, -0.2) is 4.79 Å². The molecule has 0 fully saturated rings. The molecule has 0 bridgehead atoms. The number of amides is 2. The number of hydrogen-bond acceptors (Lipinski definition) is 6. The average Bonchev–Trinajstić information content (AvgIpc) is 3.09. The van der Waals surface area contributed by atoms with Crippen LogP contribution in [0, 0.1) is 0 Å². The van der Waals surface area contributed by atoms with Gasteiger partial charge in [0.05, 0.1) is 13.2 Å². The monoisotopic (exact) mass is 698 g/mol. The third-order valence-electron chi connectivity index (χ3n) is 7.70. The molecule has 2 unspecified atom stereocenters. The molecule has 0 saturated carbocycles. The lowest BCUT2D eigenvalue weighted by Gasteiger charge is -2.17. The van der Waals surface area contributed by atoms with Gasteiger partial charge in [-0.1, -0.05) is 112 Å². The van der Waals surface area contributed by atoms with Gasteiger partial charge in [-0.3, -0.25) is 14.4 Å². The quantitative estimate of drug-likeness (QED) is 0.0314. The van der Waals surface area contributed by atoms with Crippen LogP contribution in [0.1, 0.15) is 136 Å². The van der Waals surface area contributed by atoms with Gasteiger partial charge >= 0.3 is 11.9 Å². The van der Waals surface area contributed by atoms with Crippen molar-refractivity contribution in [2.45, 2.75) is 148 Å². The highest BCUT2D eigenvalue weighted by molar-refractivity contribution is 5.87. The fourth-order valence-corrected chi connectivity index (χ4v) is 4.89. The molecule has 0 aliphatic heterocycles. The SMILES string of the molecule is CC/C=C\C/C=C\C/C=C\C/C=C\C/C=C\C/C=C\CCCCCCC(=O)OC(CCC)CCCCCC(=O)NCC(=O)NC(CO)C(=O)O. The van der Waals surface area contributed by atoms with Crippen LogP contribution in [-0.4, -0.2) is 59.3 Å². The highest BCUT2D eigenvalue weighted by atomic mass is 16.5. The molecule has 4 N–H and O–H groups in total. The Morgan fingerprint density at radius 2 is 1.14 bits per heavy atom. The number of aliphatic hydroxyl groups excluding tert-OH is 1. The first-order chi connectivity index (χ1) is 24.3. The summed E-state index contributed by atoms with van der Waals surface area (Å²) in [5, 5.41) is 22.4. The first-order valence-electron chi connectivity index (χ1n) is 18.8. The summed E-state index contributed by atoms with van der Waals surface area (Å²) >= 11 is 0. The number of nitrogens with one attached hydrogen (secondary N) is 2. The Morgan fingerprint density at radius 3 is 1.68 bits per heavy atom. The first-order valence-corrected chi connectivity index (χ1v) is 18.8. The van der Waals surface area contributed by atoms with Gasteiger partial charge in [0.15, 0.2) is 0 Å². The maximum absolute atomic E-state index is 12.4. The van der Waals surface area contributed by atoms with Crippen LogP contribution >= 0.6 is 0 Å². The summed E-state index contributed by atoms with van der Waals surface area (Å²) in [5.74, 6) is -2.46. The molecule has 282 valence electrons. The second-order valence-corrected chi connectivity index (χ2v) is 12.3. The van der Waals surface area contributed by atoms with E-state index in [1.807, 2.05) is 0 Å². The van der Waals surface area contributed by atoms with Gasteiger partial charge in [0.1, 0.15) is 12.1 Å². The van der Waals surface area contributed by atoms with Gasteiger partial charge in [-0.15, -0.1) is 0 Å². The van der Waals surface area contributed by atoms with Crippen molar-refractivity contribution < 1.29 is 34.1 Å². The first kappa shape index (κ1) is 46.3. The van der Waals surface area contributed by atoms with Crippen molar-refractivity contribution in [3.8, 4) is 0 Å². The molecule has 2 amide bonds. The molecular formula is C41H66N2O7. The van der Waals surface area contributed by atoms with Gasteiger partial charge in [-0.05, 0) is 83.5 Å². The number of carboxylic acid groups (broad SMARTS) is 1. The fourth-order valence-electron chi connectivity index (χ4n) is 4.89. The zero-order valence-electron chi connectivity index (χ0n) is 30.9. The average molecular weight is 699 g/mol. The molecule has 0 aliphatic rings. The zero-order valence-corrected chi connectivity index (χ0v) is 30.9. The topological polar surface area (TPSA) is 142 Å². The number of allylic oxidation sites excluding steroid dienone is 12. The second-order valence-electron chi connectivity index (χ2n) is 12.3. The van der Waals surface area contributed by atoms with Gasteiger partial charge in [0, 0.05) is 12.8 Å². The Morgan fingerprint density at radius 1 is 0.620 bits per heavy atom. The van der Waals surface area contributed by atoms with Crippen molar-refractivity contribution in [3.63, 3.8) is 0 Å². The molecule has 0 radical (unpaired) electrons. The van der Waals surface area contributed by atoms with Crippen molar-refractivity contribution in [2.75, 3.05) is 13.2 Å². The standard InChI is InChI=1S/C41H66N2O7/c1-3-5-6-7-8-9-10-11-12-13-14-15-16-17-18-19-20-21-22-23-24-25-29-33-40(47)50-36(30-4-2)31-27-26-28-32-38(45)42-34-39(46)43-37(35-44)41(48)49/h5-6,8-9,11-12,14-15,17-18,20-21,36-37,44H,3-4,7,10,13,16,19,22-35H2,1-2H3,(H,42,45)(H,43,46)(H,48,49)/b6-5-,9-8-,12-11-,15-14-,18-17-,21-20-. The van der Waals surface area contributed by atoms with Crippen LogP contribution in [0.3, 0.4) is 0 Å². The van der Waals surface area contributed by atoms with E-state index in [9.17, 15) is 19.2 Å². The number of carbonyl (C=O) groups excluding carboxylic acids is 3. The Bertz CT molecular complexity index is 1070. The van der Waals surface area contributed by atoms with Crippen LogP contribution in [0.4, 0.5) is 0 Å². The molecule has 0 aromatic heterocycles. The molecule has 0 aromatic carbocycles. The number of rotatable bonds is 32. The van der Waals surface area contributed by atoms with E-state index in [4.69, 9.17) is 14.9 Å². The normalized spacial score (nSPS) is 13.3. The lowest BCUT2D eigenvalue weighted by molar-refractivity contribution is -0.150. The van der Waals surface area contributed by atoms with E-state index in [1.54, 1.807) is 0 Å². The summed E-state index contributed by atoms with van der Waals surface area (Å²) in [6.45, 7) is 3.14. The molecule has 50 heavy (non-hydrogen) atoms. The molecule has 2 atom stereocenters. The lowest BCUT2D eigenvalue weighted by atomic mass is 10.1. The molecule has 0 aromatic rings. The van der Waals surface area contributed by atoms with E-state index in [0.29, 0.717) is 12.8 Å². The summed E-state index contributed by atoms with van der Waals surface area (Å²) in [6, 6.07) is -1.39. The number of carbonyl (C=O) groups is 4. The van der Waals surface area contributed by atoms with Crippen molar-refractivity contribution >= 4 is 23.8 Å². The van der Waals surface area contributed by atoms with Crippen LogP contribution in [0.25, 0.3) is 0 Å². The smallest absolute Gasteiger partial charge is 0.328 e. The number of ether oxygens (including phenoxy) is 1.